The number of aryl methyl sites for hydroxylation is 1. The van der Waals surface area contributed by atoms with Crippen LogP contribution in [0.25, 0.3) is 10.9 Å². The van der Waals surface area contributed by atoms with Crippen molar-refractivity contribution in [3.05, 3.63) is 63.9 Å². The van der Waals surface area contributed by atoms with Crippen molar-refractivity contribution in [2.24, 2.45) is 0 Å². The smallest absolute Gasteiger partial charge is 0.216 e. The van der Waals surface area contributed by atoms with Crippen molar-refractivity contribution in [2.75, 3.05) is 7.11 Å². The molecular weight excluding hydrogens is 370 g/mol. The zero-order chi connectivity index (χ0) is 19.9. The number of hydrogen-bond acceptors (Lipinski definition) is 4. The van der Waals surface area contributed by atoms with Gasteiger partial charge in [-0.3, -0.25) is 4.98 Å². The van der Waals surface area contributed by atoms with E-state index in [1.807, 2.05) is 31.2 Å². The Morgan fingerprint density at radius 3 is 2.86 bits per heavy atom. The van der Waals surface area contributed by atoms with Gasteiger partial charge in [0.05, 0.1) is 29.8 Å². The van der Waals surface area contributed by atoms with Crippen molar-refractivity contribution >= 4 is 22.5 Å². The standard InChI is InChI=1S/C23H22ClN3O/c1-4-14-11-15-5-6-16(12-20(15)27-22(14)28-3)23(2,13-25)18-8-7-17-19(24)9-10-26-21(17)18/h5-6,9-12,18H,4,7-8H2,1-3H3/t18-,23+/m1/s1. The van der Waals surface area contributed by atoms with Gasteiger partial charge in [-0.15, -0.1) is 0 Å². The van der Waals surface area contributed by atoms with Crippen molar-refractivity contribution in [2.45, 2.75) is 44.4 Å². The van der Waals surface area contributed by atoms with Gasteiger partial charge >= 0.3 is 0 Å². The Bertz CT molecular complexity index is 1100. The van der Waals surface area contributed by atoms with E-state index >= 15 is 0 Å². The molecule has 5 heteroatoms. The van der Waals surface area contributed by atoms with Crippen molar-refractivity contribution < 1.29 is 4.74 Å². The predicted octanol–water partition coefficient (Wildman–Crippen LogP) is 5.37. The molecule has 0 saturated heterocycles. The maximum absolute atomic E-state index is 10.2. The third kappa shape index (κ3) is 2.82. The molecule has 0 fully saturated rings. The molecule has 3 aromatic rings. The minimum absolute atomic E-state index is 0.000426. The van der Waals surface area contributed by atoms with Crippen molar-refractivity contribution in [3.63, 3.8) is 0 Å². The number of nitriles is 1. The lowest BCUT2D eigenvalue weighted by Crippen LogP contribution is -2.28. The van der Waals surface area contributed by atoms with Gasteiger partial charge in [-0.05, 0) is 55.5 Å². The lowest BCUT2D eigenvalue weighted by Gasteiger charge is -2.29. The molecular formula is C23H22ClN3O. The first kappa shape index (κ1) is 18.7. The number of hydrogen-bond donors (Lipinski definition) is 0. The summed E-state index contributed by atoms with van der Waals surface area (Å²) < 4.78 is 5.45. The number of rotatable bonds is 4. The first-order valence-electron chi connectivity index (χ1n) is 9.54. The molecule has 0 bridgehead atoms. The average molecular weight is 392 g/mol. The van der Waals surface area contributed by atoms with Gasteiger partial charge in [-0.1, -0.05) is 30.7 Å². The van der Waals surface area contributed by atoms with Crippen LogP contribution in [0.3, 0.4) is 0 Å². The quantitative estimate of drug-likeness (QED) is 0.600. The lowest BCUT2D eigenvalue weighted by molar-refractivity contribution is 0.394. The number of nitrogens with zero attached hydrogens (tertiary/aromatic N) is 3. The van der Waals surface area contributed by atoms with E-state index in [1.54, 1.807) is 13.3 Å². The first-order chi connectivity index (χ1) is 13.5. The highest BCUT2D eigenvalue weighted by atomic mass is 35.5. The van der Waals surface area contributed by atoms with Gasteiger partial charge < -0.3 is 4.74 Å². The van der Waals surface area contributed by atoms with Crippen LogP contribution < -0.4 is 4.74 Å². The maximum Gasteiger partial charge on any atom is 0.216 e. The number of halogens is 1. The molecule has 0 N–H and O–H groups in total. The van der Waals surface area contributed by atoms with Gasteiger partial charge in [0.1, 0.15) is 0 Å². The molecule has 142 valence electrons. The van der Waals surface area contributed by atoms with E-state index in [-0.39, 0.29) is 5.92 Å². The van der Waals surface area contributed by atoms with Gasteiger partial charge in [-0.25, -0.2) is 4.98 Å². The summed E-state index contributed by atoms with van der Waals surface area (Å²) in [6, 6.07) is 12.6. The van der Waals surface area contributed by atoms with Crippen LogP contribution in [-0.4, -0.2) is 17.1 Å². The average Bonchev–Trinajstić information content (AvgIpc) is 3.17. The SMILES string of the molecule is CCc1cc2ccc([C@](C)(C#N)[C@@H]3CCc4c(Cl)ccnc43)cc2nc1OC. The molecule has 4 rings (SSSR count). The van der Waals surface area contributed by atoms with E-state index in [2.05, 4.69) is 29.0 Å². The third-order valence-corrected chi connectivity index (χ3v) is 6.36. The topological polar surface area (TPSA) is 58.8 Å². The van der Waals surface area contributed by atoms with Crippen molar-refractivity contribution in [1.29, 1.82) is 5.26 Å². The molecule has 0 radical (unpaired) electrons. The number of ether oxygens (including phenoxy) is 1. The van der Waals surface area contributed by atoms with Crippen LogP contribution >= 0.6 is 11.6 Å². The first-order valence-corrected chi connectivity index (χ1v) is 9.92. The number of benzene rings is 1. The molecule has 28 heavy (non-hydrogen) atoms. The molecule has 0 spiro atoms. The molecule has 1 aliphatic carbocycles. The Balaban J connectivity index is 1.84. The number of methoxy groups -OCH3 is 1. The molecule has 0 amide bonds. The van der Waals surface area contributed by atoms with E-state index in [0.717, 1.165) is 57.6 Å². The van der Waals surface area contributed by atoms with Crippen molar-refractivity contribution in [1.82, 2.24) is 9.97 Å². The van der Waals surface area contributed by atoms with Crippen LogP contribution in [0.4, 0.5) is 0 Å². The van der Waals surface area contributed by atoms with Gasteiger partial charge in [0.2, 0.25) is 5.88 Å². The Kier molecular flexibility index (Phi) is 4.72. The normalized spacial score (nSPS) is 17.8. The van der Waals surface area contributed by atoms with E-state index in [4.69, 9.17) is 16.3 Å². The summed E-state index contributed by atoms with van der Waals surface area (Å²) in [5, 5.41) is 12.0. The second-order valence-corrected chi connectivity index (χ2v) is 7.89. The Hall–Kier alpha value is -2.64. The molecule has 2 atom stereocenters. The molecule has 2 heterocycles. The van der Waals surface area contributed by atoms with Crippen LogP contribution in [0.1, 0.15) is 48.6 Å². The molecule has 1 aliphatic rings. The van der Waals surface area contributed by atoms with Crippen LogP contribution in [0.5, 0.6) is 5.88 Å². The number of pyridine rings is 2. The largest absolute Gasteiger partial charge is 0.481 e. The van der Waals surface area contributed by atoms with Gasteiger partial charge in [-0.2, -0.15) is 5.26 Å². The molecule has 1 aromatic carbocycles. The number of aromatic nitrogens is 2. The number of fused-ring (bicyclic) bond motifs is 2. The summed E-state index contributed by atoms with van der Waals surface area (Å²) in [6.07, 6.45) is 4.30. The van der Waals surface area contributed by atoms with E-state index in [0.29, 0.717) is 5.88 Å². The van der Waals surface area contributed by atoms with E-state index in [9.17, 15) is 5.26 Å². The summed E-state index contributed by atoms with van der Waals surface area (Å²) in [5.74, 6) is 0.644. The second-order valence-electron chi connectivity index (χ2n) is 7.48. The van der Waals surface area contributed by atoms with Gasteiger partial charge in [0.25, 0.3) is 0 Å². The third-order valence-electron chi connectivity index (χ3n) is 6.01. The van der Waals surface area contributed by atoms with Crippen LogP contribution in [-0.2, 0) is 18.3 Å². The second kappa shape index (κ2) is 7.07. The Morgan fingerprint density at radius 2 is 2.14 bits per heavy atom. The van der Waals surface area contributed by atoms with Gasteiger partial charge in [0, 0.05) is 28.1 Å². The predicted molar refractivity (Wildman–Crippen MR) is 111 cm³/mol. The monoisotopic (exact) mass is 391 g/mol. The molecule has 2 aromatic heterocycles. The molecule has 0 aliphatic heterocycles. The zero-order valence-electron chi connectivity index (χ0n) is 16.3. The highest BCUT2D eigenvalue weighted by Crippen LogP contribution is 2.47. The Labute approximate surface area is 170 Å². The van der Waals surface area contributed by atoms with E-state index in [1.165, 1.54) is 0 Å². The lowest BCUT2D eigenvalue weighted by atomic mass is 9.71. The highest BCUT2D eigenvalue weighted by molar-refractivity contribution is 6.31. The zero-order valence-corrected chi connectivity index (χ0v) is 17.0. The highest BCUT2D eigenvalue weighted by Gasteiger charge is 2.42. The van der Waals surface area contributed by atoms with E-state index < -0.39 is 5.41 Å². The summed E-state index contributed by atoms with van der Waals surface area (Å²) >= 11 is 6.37. The fourth-order valence-corrected chi connectivity index (χ4v) is 4.56. The summed E-state index contributed by atoms with van der Waals surface area (Å²) in [6.45, 7) is 4.08. The Morgan fingerprint density at radius 1 is 1.32 bits per heavy atom. The van der Waals surface area contributed by atoms with Gasteiger partial charge in [0.15, 0.2) is 0 Å². The van der Waals surface area contributed by atoms with Crippen LogP contribution in [0.2, 0.25) is 5.02 Å². The van der Waals surface area contributed by atoms with Crippen molar-refractivity contribution in [3.8, 4) is 11.9 Å². The summed E-state index contributed by atoms with van der Waals surface area (Å²) in [5.41, 5.74) is 4.17. The summed E-state index contributed by atoms with van der Waals surface area (Å²) in [4.78, 5) is 9.27. The summed E-state index contributed by atoms with van der Waals surface area (Å²) in [7, 11) is 1.64. The minimum Gasteiger partial charge on any atom is -0.481 e. The maximum atomic E-state index is 10.2. The van der Waals surface area contributed by atoms with Crippen LogP contribution in [0.15, 0.2) is 36.5 Å². The minimum atomic E-state index is -0.713. The van der Waals surface area contributed by atoms with Crippen LogP contribution in [0, 0.1) is 11.3 Å². The fraction of sp³-hybridized carbons (Fsp3) is 0.348. The molecule has 0 unspecified atom stereocenters. The molecule has 0 saturated carbocycles. The fourth-order valence-electron chi connectivity index (χ4n) is 4.31. The molecule has 4 nitrogen and oxygen atoms in total.